The molecule has 0 radical (unpaired) electrons. The van der Waals surface area contributed by atoms with Crippen molar-refractivity contribution < 1.29 is 14.3 Å². The molecule has 0 aliphatic carbocycles. The number of fused-ring (bicyclic) bond motifs is 1. The van der Waals surface area contributed by atoms with Gasteiger partial charge in [-0.2, -0.15) is 0 Å². The molecule has 2 aliphatic rings. The van der Waals surface area contributed by atoms with Crippen LogP contribution in [0.4, 0.5) is 16.2 Å². The molecule has 2 aliphatic heterocycles. The molecule has 0 spiro atoms. The average molecular weight is 367 g/mol. The fourth-order valence-corrected chi connectivity index (χ4v) is 3.57. The first kappa shape index (κ1) is 17.5. The predicted octanol–water partition coefficient (Wildman–Crippen LogP) is 3.77. The molecule has 4 rings (SSSR count). The highest BCUT2D eigenvalue weighted by atomic mass is 16.7. The van der Waals surface area contributed by atoms with Crippen molar-refractivity contribution in [2.75, 3.05) is 36.6 Å². The van der Waals surface area contributed by atoms with Crippen LogP contribution < -0.4 is 25.0 Å². The molecule has 2 heterocycles. The largest absolute Gasteiger partial charge is 0.454 e. The summed E-state index contributed by atoms with van der Waals surface area (Å²) in [7, 11) is 0. The molecule has 2 N–H and O–H groups in total. The lowest BCUT2D eigenvalue weighted by Gasteiger charge is -2.30. The SMILES string of the molecule is O=C(NCCc1ccc2c(c1)OCO2)Nc1ccccc1N1CCCCC1. The molecular weight excluding hydrogens is 342 g/mol. The van der Waals surface area contributed by atoms with Gasteiger partial charge < -0.3 is 25.0 Å². The van der Waals surface area contributed by atoms with Gasteiger partial charge in [0, 0.05) is 19.6 Å². The van der Waals surface area contributed by atoms with E-state index in [0.29, 0.717) is 6.54 Å². The highest BCUT2D eigenvalue weighted by Crippen LogP contribution is 2.32. The van der Waals surface area contributed by atoms with Crippen LogP contribution in [-0.2, 0) is 6.42 Å². The summed E-state index contributed by atoms with van der Waals surface area (Å²) in [6, 6.07) is 13.7. The number of rotatable bonds is 5. The zero-order valence-corrected chi connectivity index (χ0v) is 15.4. The van der Waals surface area contributed by atoms with Gasteiger partial charge in [0.05, 0.1) is 11.4 Å². The number of nitrogens with zero attached hydrogens (tertiary/aromatic N) is 1. The van der Waals surface area contributed by atoms with E-state index < -0.39 is 0 Å². The number of anilines is 2. The van der Waals surface area contributed by atoms with Crippen molar-refractivity contribution in [1.82, 2.24) is 5.32 Å². The van der Waals surface area contributed by atoms with E-state index in [2.05, 4.69) is 21.6 Å². The van der Waals surface area contributed by atoms with Crippen molar-refractivity contribution in [2.24, 2.45) is 0 Å². The van der Waals surface area contributed by atoms with Crippen LogP contribution in [0.3, 0.4) is 0 Å². The lowest BCUT2D eigenvalue weighted by atomic mass is 10.1. The Morgan fingerprint density at radius 2 is 1.81 bits per heavy atom. The molecule has 0 unspecified atom stereocenters. The molecule has 2 aromatic rings. The molecule has 1 saturated heterocycles. The summed E-state index contributed by atoms with van der Waals surface area (Å²) in [6.45, 7) is 2.92. The summed E-state index contributed by atoms with van der Waals surface area (Å²) in [5.41, 5.74) is 3.07. The molecule has 27 heavy (non-hydrogen) atoms. The number of nitrogens with one attached hydrogen (secondary N) is 2. The second-order valence-corrected chi connectivity index (χ2v) is 6.88. The molecule has 0 aromatic heterocycles. The van der Waals surface area contributed by atoms with Crippen LogP contribution in [-0.4, -0.2) is 32.5 Å². The van der Waals surface area contributed by atoms with Crippen molar-refractivity contribution in [2.45, 2.75) is 25.7 Å². The van der Waals surface area contributed by atoms with Gasteiger partial charge in [-0.25, -0.2) is 4.79 Å². The zero-order valence-electron chi connectivity index (χ0n) is 15.4. The average Bonchev–Trinajstić information content (AvgIpc) is 3.17. The third-order valence-corrected chi connectivity index (χ3v) is 4.99. The molecular formula is C21H25N3O3. The summed E-state index contributed by atoms with van der Waals surface area (Å²) in [6.07, 6.45) is 4.43. The zero-order chi connectivity index (χ0) is 18.5. The first-order chi connectivity index (χ1) is 13.3. The third kappa shape index (κ3) is 4.27. The first-order valence-electron chi connectivity index (χ1n) is 9.57. The van der Waals surface area contributed by atoms with E-state index in [1.54, 1.807) is 0 Å². The maximum Gasteiger partial charge on any atom is 0.319 e. The van der Waals surface area contributed by atoms with Crippen LogP contribution in [0.5, 0.6) is 11.5 Å². The number of amides is 2. The fourth-order valence-electron chi connectivity index (χ4n) is 3.57. The van der Waals surface area contributed by atoms with E-state index in [0.717, 1.165) is 47.9 Å². The smallest absolute Gasteiger partial charge is 0.319 e. The summed E-state index contributed by atoms with van der Waals surface area (Å²) in [4.78, 5) is 14.7. The number of ether oxygens (including phenoxy) is 2. The van der Waals surface area contributed by atoms with Gasteiger partial charge in [0.1, 0.15) is 0 Å². The van der Waals surface area contributed by atoms with Gasteiger partial charge in [-0.1, -0.05) is 18.2 Å². The van der Waals surface area contributed by atoms with E-state index in [4.69, 9.17) is 9.47 Å². The maximum absolute atomic E-state index is 12.3. The Morgan fingerprint density at radius 3 is 2.70 bits per heavy atom. The third-order valence-electron chi connectivity index (χ3n) is 4.99. The molecule has 0 bridgehead atoms. The molecule has 6 heteroatoms. The minimum atomic E-state index is -0.180. The summed E-state index contributed by atoms with van der Waals surface area (Å²) in [5, 5.41) is 5.94. The van der Waals surface area contributed by atoms with Crippen molar-refractivity contribution in [3.63, 3.8) is 0 Å². The van der Waals surface area contributed by atoms with Crippen LogP contribution in [0.25, 0.3) is 0 Å². The van der Waals surface area contributed by atoms with Gasteiger partial charge in [0.15, 0.2) is 11.5 Å². The quantitative estimate of drug-likeness (QED) is 0.844. The normalized spacial score (nSPS) is 15.5. The van der Waals surface area contributed by atoms with Crippen LogP contribution >= 0.6 is 0 Å². The van der Waals surface area contributed by atoms with E-state index in [1.807, 2.05) is 36.4 Å². The Labute approximate surface area is 159 Å². The topological polar surface area (TPSA) is 62.8 Å². The van der Waals surface area contributed by atoms with Gasteiger partial charge >= 0.3 is 6.03 Å². The van der Waals surface area contributed by atoms with Crippen LogP contribution in [0.15, 0.2) is 42.5 Å². The minimum Gasteiger partial charge on any atom is -0.454 e. The lowest BCUT2D eigenvalue weighted by Crippen LogP contribution is -2.33. The number of hydrogen-bond donors (Lipinski definition) is 2. The summed E-state index contributed by atoms with van der Waals surface area (Å²) >= 11 is 0. The summed E-state index contributed by atoms with van der Waals surface area (Å²) in [5.74, 6) is 1.55. The fraction of sp³-hybridized carbons (Fsp3) is 0.381. The minimum absolute atomic E-state index is 0.180. The predicted molar refractivity (Wildman–Crippen MR) is 106 cm³/mol. The van der Waals surface area contributed by atoms with Gasteiger partial charge in [0.2, 0.25) is 6.79 Å². The van der Waals surface area contributed by atoms with Crippen LogP contribution in [0.2, 0.25) is 0 Å². The van der Waals surface area contributed by atoms with E-state index >= 15 is 0 Å². The van der Waals surface area contributed by atoms with Crippen molar-refractivity contribution >= 4 is 17.4 Å². The first-order valence-corrected chi connectivity index (χ1v) is 9.57. The monoisotopic (exact) mass is 367 g/mol. The maximum atomic E-state index is 12.3. The number of hydrogen-bond acceptors (Lipinski definition) is 4. The van der Waals surface area contributed by atoms with Crippen molar-refractivity contribution in [1.29, 1.82) is 0 Å². The Bertz CT molecular complexity index is 803. The van der Waals surface area contributed by atoms with Crippen LogP contribution in [0, 0.1) is 0 Å². The van der Waals surface area contributed by atoms with E-state index in [9.17, 15) is 4.79 Å². The standard InChI is InChI=1S/C21H25N3O3/c25-21(22-11-10-16-8-9-19-20(14-16)27-15-26-19)23-17-6-2-3-7-18(17)24-12-4-1-5-13-24/h2-3,6-9,14H,1,4-5,10-13,15H2,(H2,22,23,25). The second kappa shape index (κ2) is 8.20. The Balaban J connectivity index is 1.31. The number of benzene rings is 2. The number of carbonyl (C=O) groups excluding carboxylic acids is 1. The Kier molecular flexibility index (Phi) is 5.32. The molecule has 142 valence electrons. The molecule has 0 saturated carbocycles. The van der Waals surface area contributed by atoms with E-state index in [1.165, 1.54) is 19.3 Å². The van der Waals surface area contributed by atoms with Crippen molar-refractivity contribution in [3.8, 4) is 11.5 Å². The van der Waals surface area contributed by atoms with Gasteiger partial charge in [-0.15, -0.1) is 0 Å². The molecule has 2 amide bonds. The number of piperidine rings is 1. The molecule has 6 nitrogen and oxygen atoms in total. The highest BCUT2D eigenvalue weighted by Gasteiger charge is 2.16. The number of urea groups is 1. The van der Waals surface area contributed by atoms with Crippen molar-refractivity contribution in [3.05, 3.63) is 48.0 Å². The van der Waals surface area contributed by atoms with E-state index in [-0.39, 0.29) is 12.8 Å². The Hall–Kier alpha value is -2.89. The lowest BCUT2D eigenvalue weighted by molar-refractivity contribution is 0.174. The van der Waals surface area contributed by atoms with Crippen LogP contribution in [0.1, 0.15) is 24.8 Å². The molecule has 0 atom stereocenters. The molecule has 2 aromatic carbocycles. The second-order valence-electron chi connectivity index (χ2n) is 6.88. The van der Waals surface area contributed by atoms with Gasteiger partial charge in [-0.3, -0.25) is 0 Å². The number of carbonyl (C=O) groups is 1. The highest BCUT2D eigenvalue weighted by molar-refractivity contribution is 5.93. The van der Waals surface area contributed by atoms with Gasteiger partial charge in [-0.05, 0) is 55.5 Å². The summed E-state index contributed by atoms with van der Waals surface area (Å²) < 4.78 is 10.7. The van der Waals surface area contributed by atoms with Gasteiger partial charge in [0.25, 0.3) is 0 Å². The molecule has 1 fully saturated rings. The Morgan fingerprint density at radius 1 is 1.00 bits per heavy atom. The number of para-hydroxylation sites is 2.